The highest BCUT2D eigenvalue weighted by molar-refractivity contribution is 6.34. The third kappa shape index (κ3) is 2.31. The Morgan fingerprint density at radius 3 is 2.39 bits per heavy atom. The van der Waals surface area contributed by atoms with E-state index in [9.17, 15) is 9.90 Å². The van der Waals surface area contributed by atoms with Gasteiger partial charge in [-0.05, 0) is 24.3 Å². The SMILES string of the molecule is CN(C(=O)c1ccccc1Cl)c1ccccc1O. The van der Waals surface area contributed by atoms with Crippen LogP contribution in [0.1, 0.15) is 10.4 Å². The van der Waals surface area contributed by atoms with Gasteiger partial charge in [0.1, 0.15) is 5.75 Å². The summed E-state index contributed by atoms with van der Waals surface area (Å²) in [6.45, 7) is 0. The molecule has 1 amide bonds. The number of phenolic OH excluding ortho intramolecular Hbond substituents is 1. The van der Waals surface area contributed by atoms with Crippen molar-refractivity contribution in [2.45, 2.75) is 0 Å². The normalized spacial score (nSPS) is 10.1. The summed E-state index contributed by atoms with van der Waals surface area (Å²) in [7, 11) is 1.60. The van der Waals surface area contributed by atoms with Crippen LogP contribution in [0.15, 0.2) is 48.5 Å². The lowest BCUT2D eigenvalue weighted by Crippen LogP contribution is -2.26. The van der Waals surface area contributed by atoms with Gasteiger partial charge in [-0.2, -0.15) is 0 Å². The first-order valence-electron chi connectivity index (χ1n) is 5.42. The number of nitrogens with zero attached hydrogens (tertiary/aromatic N) is 1. The van der Waals surface area contributed by atoms with Crippen LogP contribution in [0.3, 0.4) is 0 Å². The van der Waals surface area contributed by atoms with E-state index in [4.69, 9.17) is 11.6 Å². The molecule has 0 saturated heterocycles. The summed E-state index contributed by atoms with van der Waals surface area (Å²) >= 11 is 5.98. The van der Waals surface area contributed by atoms with Crippen molar-refractivity contribution in [2.24, 2.45) is 0 Å². The van der Waals surface area contributed by atoms with Crippen LogP contribution in [0, 0.1) is 0 Å². The van der Waals surface area contributed by atoms with Crippen molar-refractivity contribution in [3.8, 4) is 5.75 Å². The number of halogens is 1. The van der Waals surface area contributed by atoms with Gasteiger partial charge in [0, 0.05) is 7.05 Å². The van der Waals surface area contributed by atoms with Crippen molar-refractivity contribution in [3.63, 3.8) is 0 Å². The zero-order valence-electron chi connectivity index (χ0n) is 9.80. The second-order valence-electron chi connectivity index (χ2n) is 3.83. The lowest BCUT2D eigenvalue weighted by Gasteiger charge is -2.18. The Hall–Kier alpha value is -2.00. The molecular formula is C14H12ClNO2. The van der Waals surface area contributed by atoms with E-state index >= 15 is 0 Å². The minimum Gasteiger partial charge on any atom is -0.506 e. The quantitative estimate of drug-likeness (QED) is 0.901. The zero-order chi connectivity index (χ0) is 13.1. The van der Waals surface area contributed by atoms with Crippen LogP contribution in [-0.4, -0.2) is 18.1 Å². The maximum absolute atomic E-state index is 12.2. The molecule has 3 nitrogen and oxygen atoms in total. The van der Waals surface area contributed by atoms with Gasteiger partial charge in [-0.25, -0.2) is 0 Å². The van der Waals surface area contributed by atoms with Gasteiger partial charge in [0.2, 0.25) is 0 Å². The van der Waals surface area contributed by atoms with E-state index in [0.717, 1.165) is 0 Å². The van der Waals surface area contributed by atoms with Crippen LogP contribution in [0.4, 0.5) is 5.69 Å². The van der Waals surface area contributed by atoms with E-state index < -0.39 is 0 Å². The molecule has 92 valence electrons. The molecule has 0 aliphatic carbocycles. The van der Waals surface area contributed by atoms with E-state index in [1.165, 1.54) is 11.0 Å². The number of hydrogen-bond donors (Lipinski definition) is 1. The molecule has 4 heteroatoms. The van der Waals surface area contributed by atoms with Gasteiger partial charge in [-0.15, -0.1) is 0 Å². The standard InChI is InChI=1S/C14H12ClNO2/c1-16(12-8-4-5-9-13(12)17)14(18)10-6-2-3-7-11(10)15/h2-9,17H,1H3. The summed E-state index contributed by atoms with van der Waals surface area (Å²) in [4.78, 5) is 13.6. The molecule has 0 unspecified atom stereocenters. The van der Waals surface area contributed by atoms with Crippen molar-refractivity contribution in [2.75, 3.05) is 11.9 Å². The molecular weight excluding hydrogens is 250 g/mol. The van der Waals surface area contributed by atoms with Gasteiger partial charge in [-0.1, -0.05) is 35.9 Å². The third-order valence-corrected chi connectivity index (χ3v) is 2.98. The number of phenols is 1. The summed E-state index contributed by atoms with van der Waals surface area (Å²) in [6.07, 6.45) is 0. The number of amides is 1. The van der Waals surface area contributed by atoms with Crippen molar-refractivity contribution in [1.82, 2.24) is 0 Å². The number of anilines is 1. The van der Waals surface area contributed by atoms with Crippen LogP contribution in [0.5, 0.6) is 5.75 Å². The van der Waals surface area contributed by atoms with E-state index in [1.54, 1.807) is 49.5 Å². The molecule has 0 aliphatic rings. The highest BCUT2D eigenvalue weighted by Crippen LogP contribution is 2.27. The lowest BCUT2D eigenvalue weighted by molar-refractivity contribution is 0.0992. The van der Waals surface area contributed by atoms with Gasteiger partial charge in [0.15, 0.2) is 0 Å². The number of hydrogen-bond acceptors (Lipinski definition) is 2. The van der Waals surface area contributed by atoms with Crippen molar-refractivity contribution in [1.29, 1.82) is 0 Å². The molecule has 0 heterocycles. The van der Waals surface area contributed by atoms with E-state index in [0.29, 0.717) is 16.3 Å². The largest absolute Gasteiger partial charge is 0.506 e. The second-order valence-corrected chi connectivity index (χ2v) is 4.24. The van der Waals surface area contributed by atoms with Gasteiger partial charge < -0.3 is 10.0 Å². The van der Waals surface area contributed by atoms with Gasteiger partial charge >= 0.3 is 0 Å². The monoisotopic (exact) mass is 261 g/mol. The Bertz CT molecular complexity index is 584. The molecule has 0 aliphatic heterocycles. The Kier molecular flexibility index (Phi) is 3.53. The summed E-state index contributed by atoms with van der Waals surface area (Å²) in [6, 6.07) is 13.5. The first-order chi connectivity index (χ1) is 8.61. The predicted molar refractivity (Wildman–Crippen MR) is 72.3 cm³/mol. The maximum atomic E-state index is 12.2. The number of benzene rings is 2. The van der Waals surface area contributed by atoms with Crippen molar-refractivity contribution >= 4 is 23.2 Å². The van der Waals surface area contributed by atoms with E-state index in [2.05, 4.69) is 0 Å². The molecule has 2 aromatic carbocycles. The fourth-order valence-corrected chi connectivity index (χ4v) is 1.89. The molecule has 0 fully saturated rings. The summed E-state index contributed by atoms with van der Waals surface area (Å²) < 4.78 is 0. The molecule has 2 rings (SSSR count). The molecule has 0 radical (unpaired) electrons. The molecule has 0 saturated carbocycles. The van der Waals surface area contributed by atoms with Crippen LogP contribution >= 0.6 is 11.6 Å². The van der Waals surface area contributed by atoms with Gasteiger partial charge in [-0.3, -0.25) is 4.79 Å². The average Bonchev–Trinajstić information content (AvgIpc) is 2.38. The average molecular weight is 262 g/mol. The molecule has 18 heavy (non-hydrogen) atoms. The highest BCUT2D eigenvalue weighted by Gasteiger charge is 2.17. The maximum Gasteiger partial charge on any atom is 0.259 e. The highest BCUT2D eigenvalue weighted by atomic mass is 35.5. The zero-order valence-corrected chi connectivity index (χ0v) is 10.6. The number of carbonyl (C=O) groups is 1. The van der Waals surface area contributed by atoms with E-state index in [1.807, 2.05) is 0 Å². The van der Waals surface area contributed by atoms with Gasteiger partial charge in [0.05, 0.1) is 16.3 Å². The Morgan fingerprint density at radius 1 is 1.11 bits per heavy atom. The van der Waals surface area contributed by atoms with Crippen LogP contribution in [0.2, 0.25) is 5.02 Å². The minimum absolute atomic E-state index is 0.0559. The third-order valence-electron chi connectivity index (χ3n) is 2.65. The number of aromatic hydroxyl groups is 1. The topological polar surface area (TPSA) is 40.5 Å². The molecule has 1 N–H and O–H groups in total. The molecule has 0 spiro atoms. The smallest absolute Gasteiger partial charge is 0.259 e. The fourth-order valence-electron chi connectivity index (χ4n) is 1.67. The molecule has 2 aromatic rings. The fraction of sp³-hybridized carbons (Fsp3) is 0.0714. The van der Waals surface area contributed by atoms with Crippen LogP contribution < -0.4 is 4.90 Å². The molecule has 0 atom stereocenters. The van der Waals surface area contributed by atoms with Crippen LogP contribution in [-0.2, 0) is 0 Å². The first kappa shape index (κ1) is 12.5. The second kappa shape index (κ2) is 5.10. The summed E-state index contributed by atoms with van der Waals surface area (Å²) in [5, 5.41) is 10.1. The Morgan fingerprint density at radius 2 is 1.72 bits per heavy atom. The number of para-hydroxylation sites is 2. The lowest BCUT2D eigenvalue weighted by atomic mass is 10.2. The van der Waals surface area contributed by atoms with Gasteiger partial charge in [0.25, 0.3) is 5.91 Å². The molecule has 0 bridgehead atoms. The van der Waals surface area contributed by atoms with E-state index in [-0.39, 0.29) is 11.7 Å². The number of carbonyl (C=O) groups excluding carboxylic acids is 1. The first-order valence-corrected chi connectivity index (χ1v) is 5.79. The number of rotatable bonds is 2. The predicted octanol–water partition coefficient (Wildman–Crippen LogP) is 3.32. The Labute approximate surface area is 110 Å². The summed E-state index contributed by atoms with van der Waals surface area (Å²) in [5.74, 6) is -0.206. The summed E-state index contributed by atoms with van der Waals surface area (Å²) in [5.41, 5.74) is 0.854. The Balaban J connectivity index is 2.36. The van der Waals surface area contributed by atoms with Crippen LogP contribution in [0.25, 0.3) is 0 Å². The molecule has 0 aromatic heterocycles. The minimum atomic E-state index is -0.262. The van der Waals surface area contributed by atoms with Crippen molar-refractivity contribution < 1.29 is 9.90 Å². The van der Waals surface area contributed by atoms with Crippen molar-refractivity contribution in [3.05, 3.63) is 59.1 Å².